The summed E-state index contributed by atoms with van der Waals surface area (Å²) < 4.78 is 0. The summed E-state index contributed by atoms with van der Waals surface area (Å²) in [4.78, 5) is 10.5. The number of hydrogen-bond donors (Lipinski definition) is 3. The fraction of sp³-hybridized carbons (Fsp3) is 0.500. The second-order valence-electron chi connectivity index (χ2n) is 8.94. The van der Waals surface area contributed by atoms with Gasteiger partial charge in [-0.05, 0) is 68.5 Å². The molecule has 4 saturated heterocycles. The summed E-state index contributed by atoms with van der Waals surface area (Å²) in [6.45, 7) is 2.50. The molecule has 6 rings (SSSR count). The van der Waals surface area contributed by atoms with Crippen LogP contribution in [-0.2, 0) is 0 Å². The van der Waals surface area contributed by atoms with E-state index in [0.29, 0.717) is 40.3 Å². The molecule has 4 aliphatic heterocycles. The van der Waals surface area contributed by atoms with E-state index in [2.05, 4.69) is 39.0 Å². The van der Waals surface area contributed by atoms with E-state index in [1.165, 1.54) is 49.6 Å². The predicted molar refractivity (Wildman–Crippen MR) is 130 cm³/mol. The minimum absolute atomic E-state index is 0.505. The van der Waals surface area contributed by atoms with E-state index in [0.717, 1.165) is 12.5 Å². The second kappa shape index (κ2) is 10.3. The van der Waals surface area contributed by atoms with Gasteiger partial charge in [-0.15, -0.1) is 0 Å². The Labute approximate surface area is 199 Å². The van der Waals surface area contributed by atoms with Gasteiger partial charge in [0.2, 0.25) is 0 Å². The van der Waals surface area contributed by atoms with Gasteiger partial charge in [0, 0.05) is 48.4 Å². The van der Waals surface area contributed by atoms with Crippen molar-refractivity contribution in [3.8, 4) is 0 Å². The third-order valence-electron chi connectivity index (χ3n) is 7.40. The zero-order chi connectivity index (χ0) is 22.7. The second-order valence-corrected chi connectivity index (χ2v) is 9.71. The highest BCUT2D eigenvalue weighted by atomic mass is 35.5. The van der Waals surface area contributed by atoms with Crippen LogP contribution in [0.3, 0.4) is 0 Å². The topological polar surface area (TPSA) is 88.8 Å². The molecule has 6 nitrogen and oxygen atoms in total. The fourth-order valence-electron chi connectivity index (χ4n) is 6.00. The van der Waals surface area contributed by atoms with Crippen molar-refractivity contribution >= 4 is 36.3 Å². The van der Waals surface area contributed by atoms with Gasteiger partial charge in [0.1, 0.15) is 10.3 Å². The van der Waals surface area contributed by atoms with Crippen LogP contribution in [0.4, 0.5) is 0 Å². The van der Waals surface area contributed by atoms with Crippen molar-refractivity contribution in [1.82, 2.24) is 20.2 Å². The van der Waals surface area contributed by atoms with E-state index in [1.54, 1.807) is 0 Å². The first-order chi connectivity index (χ1) is 15.6. The zero-order valence-electron chi connectivity index (χ0n) is 18.1. The molecule has 2 aromatic rings. The summed E-state index contributed by atoms with van der Waals surface area (Å²) in [7, 11) is 0. The van der Waals surface area contributed by atoms with Gasteiger partial charge in [-0.1, -0.05) is 35.3 Å². The van der Waals surface area contributed by atoms with Crippen molar-refractivity contribution in [1.29, 1.82) is 10.8 Å². The van der Waals surface area contributed by atoms with Gasteiger partial charge in [0.25, 0.3) is 0 Å². The monoisotopic (exact) mass is 472 g/mol. The van der Waals surface area contributed by atoms with Gasteiger partial charge in [0.15, 0.2) is 0 Å². The molecule has 0 amide bonds. The Hall–Kier alpha value is -2.02. The maximum absolute atomic E-state index is 7.45. The molecule has 0 spiro atoms. The molecule has 2 aromatic heterocycles. The lowest BCUT2D eigenvalue weighted by molar-refractivity contribution is 0.400. The van der Waals surface area contributed by atoms with Gasteiger partial charge < -0.3 is 15.6 Å². The molecule has 32 heavy (non-hydrogen) atoms. The largest absolute Gasteiger partial charge is 0.357 e. The molecule has 8 heteroatoms. The average Bonchev–Trinajstić information content (AvgIpc) is 3.62. The Morgan fingerprint density at radius 2 is 1.56 bits per heavy atom. The van der Waals surface area contributed by atoms with E-state index in [1.807, 2.05) is 24.5 Å². The summed E-state index contributed by atoms with van der Waals surface area (Å²) >= 11 is 11.6. The lowest BCUT2D eigenvalue weighted by Crippen LogP contribution is -2.27. The van der Waals surface area contributed by atoms with Gasteiger partial charge in [-0.25, -0.2) is 9.97 Å². The minimum atomic E-state index is 0.505. The molecular formula is C24H30Cl2N6. The minimum Gasteiger partial charge on any atom is -0.357 e. The Balaban J connectivity index is 0.000000143. The van der Waals surface area contributed by atoms with Crippen LogP contribution in [0.1, 0.15) is 61.5 Å². The van der Waals surface area contributed by atoms with Gasteiger partial charge in [0.05, 0.1) is 6.34 Å². The number of nitrogens with zero attached hydrogens (tertiary/aromatic N) is 3. The van der Waals surface area contributed by atoms with E-state index >= 15 is 0 Å². The van der Waals surface area contributed by atoms with Crippen LogP contribution in [0.15, 0.2) is 36.7 Å². The third kappa shape index (κ3) is 4.68. The number of hydrogen-bond acceptors (Lipinski definition) is 5. The molecule has 4 fully saturated rings. The van der Waals surface area contributed by atoms with E-state index in [4.69, 9.17) is 34.0 Å². The molecule has 4 aliphatic rings. The Kier molecular flexibility index (Phi) is 7.44. The van der Waals surface area contributed by atoms with Crippen molar-refractivity contribution in [2.45, 2.75) is 74.5 Å². The van der Waals surface area contributed by atoms with E-state index in [9.17, 15) is 0 Å². The smallest absolute Gasteiger partial charge is 0.129 e. The van der Waals surface area contributed by atoms with Crippen LogP contribution in [0.5, 0.6) is 0 Å². The summed E-state index contributed by atoms with van der Waals surface area (Å²) in [5.41, 5.74) is 2.61. The SMILES string of the molecule is C=N.Clc1ccc(C2CC3CCC2N3)cn1.N=CN1C2CCC1C(c1ccc(Cl)nc1)C2. The molecule has 4 bridgehead atoms. The molecule has 0 aliphatic carbocycles. The van der Waals surface area contributed by atoms with Gasteiger partial charge in [-0.2, -0.15) is 0 Å². The zero-order valence-corrected chi connectivity index (χ0v) is 19.6. The number of pyridine rings is 2. The number of fused-ring (bicyclic) bond motifs is 4. The molecule has 3 N–H and O–H groups in total. The first-order valence-electron chi connectivity index (χ1n) is 11.2. The molecule has 170 valence electrons. The van der Waals surface area contributed by atoms with Crippen LogP contribution in [0.2, 0.25) is 10.3 Å². The highest BCUT2D eigenvalue weighted by Crippen LogP contribution is 2.45. The van der Waals surface area contributed by atoms with Crippen LogP contribution in [0.25, 0.3) is 0 Å². The van der Waals surface area contributed by atoms with Gasteiger partial charge >= 0.3 is 0 Å². The Morgan fingerprint density at radius 3 is 2.03 bits per heavy atom. The molecule has 6 unspecified atom stereocenters. The van der Waals surface area contributed by atoms with Crippen LogP contribution < -0.4 is 5.32 Å². The number of aromatic nitrogens is 2. The Morgan fingerprint density at radius 1 is 0.906 bits per heavy atom. The lowest BCUT2D eigenvalue weighted by Gasteiger charge is -2.22. The summed E-state index contributed by atoms with van der Waals surface area (Å²) in [5, 5.41) is 17.7. The van der Waals surface area contributed by atoms with Crippen molar-refractivity contribution in [2.24, 2.45) is 0 Å². The maximum atomic E-state index is 7.45. The molecule has 6 heterocycles. The van der Waals surface area contributed by atoms with Crippen molar-refractivity contribution < 1.29 is 0 Å². The third-order valence-corrected chi connectivity index (χ3v) is 7.84. The summed E-state index contributed by atoms with van der Waals surface area (Å²) in [6.07, 6.45) is 12.8. The predicted octanol–water partition coefficient (Wildman–Crippen LogP) is 5.27. The number of nitrogens with one attached hydrogen (secondary N) is 3. The van der Waals surface area contributed by atoms with Gasteiger partial charge in [-0.3, -0.25) is 5.41 Å². The summed E-state index contributed by atoms with van der Waals surface area (Å²) in [6, 6.07) is 10.4. The molecule has 0 saturated carbocycles. The fourth-order valence-corrected chi connectivity index (χ4v) is 6.22. The number of rotatable bonds is 3. The maximum Gasteiger partial charge on any atom is 0.129 e. The van der Waals surface area contributed by atoms with Crippen molar-refractivity contribution in [3.05, 3.63) is 58.1 Å². The van der Waals surface area contributed by atoms with E-state index < -0.39 is 0 Å². The first kappa shape index (κ1) is 23.1. The van der Waals surface area contributed by atoms with E-state index in [-0.39, 0.29) is 0 Å². The highest BCUT2D eigenvalue weighted by Gasteiger charge is 2.45. The first-order valence-corrected chi connectivity index (χ1v) is 12.0. The standard InChI is InChI=1S/C12H14ClN3.C11H13ClN2.CH3N/c13-12-4-1-8(6-15-12)10-5-9-2-3-11(10)16(9)7-14;12-11-4-1-7(6-13-11)9-5-8-2-3-10(9)14-8;1-2/h1,4,6-7,9-11,14H,2-3,5H2;1,4,6,8-10,14H,2-3,5H2;2H,1H2. The quantitative estimate of drug-likeness (QED) is 0.322. The van der Waals surface area contributed by atoms with Crippen LogP contribution in [0, 0.1) is 10.8 Å². The van der Waals surface area contributed by atoms with Crippen molar-refractivity contribution in [3.63, 3.8) is 0 Å². The molecule has 0 aromatic carbocycles. The molecule has 6 atom stereocenters. The van der Waals surface area contributed by atoms with Crippen LogP contribution >= 0.6 is 23.2 Å². The summed E-state index contributed by atoms with van der Waals surface area (Å²) in [5.74, 6) is 1.20. The number of halogens is 2. The lowest BCUT2D eigenvalue weighted by atomic mass is 9.85. The normalized spacial score (nSPS) is 31.5. The van der Waals surface area contributed by atoms with Crippen LogP contribution in [-0.4, -0.2) is 52.1 Å². The molecule has 0 radical (unpaired) electrons. The van der Waals surface area contributed by atoms with Crippen molar-refractivity contribution in [2.75, 3.05) is 0 Å². The highest BCUT2D eigenvalue weighted by molar-refractivity contribution is 6.29. The average molecular weight is 473 g/mol. The molecular weight excluding hydrogens is 443 g/mol. The Bertz CT molecular complexity index is 906.